The normalized spacial score (nSPS) is 10.6. The molecule has 1 aromatic heterocycles. The minimum absolute atomic E-state index is 0.124. The van der Waals surface area contributed by atoms with Gasteiger partial charge >= 0.3 is 5.97 Å². The van der Waals surface area contributed by atoms with Crippen LogP contribution in [0.2, 0.25) is 0 Å². The lowest BCUT2D eigenvalue weighted by Gasteiger charge is -2.04. The molecule has 0 saturated carbocycles. The lowest BCUT2D eigenvalue weighted by molar-refractivity contribution is -0.139. The first-order valence-electron chi connectivity index (χ1n) is 6.71. The van der Waals surface area contributed by atoms with Crippen molar-refractivity contribution < 1.29 is 13.9 Å². The molecular formula is C14H23NO3S. The smallest absolute Gasteiger partial charge is 0.315 e. The van der Waals surface area contributed by atoms with E-state index >= 15 is 0 Å². The lowest BCUT2D eigenvalue weighted by atomic mass is 10.2. The molecule has 0 radical (unpaired) electrons. The van der Waals surface area contributed by atoms with Crippen LogP contribution >= 0.6 is 11.8 Å². The number of aryl methyl sites for hydroxylation is 2. The number of rotatable bonds is 10. The molecular weight excluding hydrogens is 262 g/mol. The van der Waals surface area contributed by atoms with Gasteiger partial charge in [-0.15, -0.1) is 11.8 Å². The Kier molecular flexibility index (Phi) is 8.41. The highest BCUT2D eigenvalue weighted by atomic mass is 32.2. The summed E-state index contributed by atoms with van der Waals surface area (Å²) in [6.45, 7) is 6.14. The van der Waals surface area contributed by atoms with Crippen LogP contribution in [0.5, 0.6) is 0 Å². The van der Waals surface area contributed by atoms with Crippen molar-refractivity contribution in [3.05, 3.63) is 23.7 Å². The molecule has 0 bridgehead atoms. The number of furan rings is 1. The zero-order valence-corrected chi connectivity index (χ0v) is 12.6. The largest absolute Gasteiger partial charge is 0.466 e. The second-order valence-electron chi connectivity index (χ2n) is 4.22. The molecule has 5 heteroatoms. The second-order valence-corrected chi connectivity index (χ2v) is 5.33. The molecule has 0 aliphatic carbocycles. The van der Waals surface area contributed by atoms with Crippen molar-refractivity contribution in [2.45, 2.75) is 26.7 Å². The fourth-order valence-corrected chi connectivity index (χ4v) is 2.32. The van der Waals surface area contributed by atoms with Crippen LogP contribution in [0.15, 0.2) is 16.5 Å². The maximum absolute atomic E-state index is 11.1. The summed E-state index contributed by atoms with van der Waals surface area (Å²) in [5, 5.41) is 3.35. The average molecular weight is 285 g/mol. The third-order valence-corrected chi connectivity index (χ3v) is 3.45. The van der Waals surface area contributed by atoms with Crippen LogP contribution in [0.25, 0.3) is 0 Å². The van der Waals surface area contributed by atoms with Gasteiger partial charge in [-0.3, -0.25) is 4.79 Å². The summed E-state index contributed by atoms with van der Waals surface area (Å²) >= 11 is 1.60. The molecule has 108 valence electrons. The van der Waals surface area contributed by atoms with Crippen molar-refractivity contribution in [2.24, 2.45) is 0 Å². The van der Waals surface area contributed by atoms with E-state index in [1.54, 1.807) is 11.8 Å². The molecule has 0 fully saturated rings. The van der Waals surface area contributed by atoms with Crippen LogP contribution < -0.4 is 5.32 Å². The highest BCUT2D eigenvalue weighted by molar-refractivity contribution is 7.99. The monoisotopic (exact) mass is 285 g/mol. The van der Waals surface area contributed by atoms with E-state index in [1.165, 1.54) is 0 Å². The number of hydrogen-bond donors (Lipinski definition) is 1. The zero-order chi connectivity index (χ0) is 13.9. The Hall–Kier alpha value is -0.940. The van der Waals surface area contributed by atoms with E-state index < -0.39 is 0 Å². The van der Waals surface area contributed by atoms with E-state index in [9.17, 15) is 4.79 Å². The summed E-state index contributed by atoms with van der Waals surface area (Å²) in [7, 11) is 0. The summed E-state index contributed by atoms with van der Waals surface area (Å²) in [5.74, 6) is 3.27. The molecule has 0 aliphatic rings. The molecule has 0 atom stereocenters. The molecule has 4 nitrogen and oxygen atoms in total. The van der Waals surface area contributed by atoms with Crippen LogP contribution in [0.4, 0.5) is 0 Å². The predicted octanol–water partition coefficient (Wildman–Crippen LogP) is 2.41. The molecule has 19 heavy (non-hydrogen) atoms. The van der Waals surface area contributed by atoms with E-state index in [4.69, 9.17) is 9.15 Å². The Morgan fingerprint density at radius 1 is 1.42 bits per heavy atom. The van der Waals surface area contributed by atoms with Gasteiger partial charge in [0.2, 0.25) is 0 Å². The number of esters is 1. The summed E-state index contributed by atoms with van der Waals surface area (Å²) in [4.78, 5) is 11.1. The van der Waals surface area contributed by atoms with Gasteiger partial charge in [-0.2, -0.15) is 0 Å². The number of carbonyl (C=O) groups is 1. The quantitative estimate of drug-likeness (QED) is 0.528. The lowest BCUT2D eigenvalue weighted by Crippen LogP contribution is -2.19. The Morgan fingerprint density at radius 3 is 2.95 bits per heavy atom. The Bertz CT molecular complexity index is 365. The van der Waals surface area contributed by atoms with Gasteiger partial charge in [0.05, 0.1) is 12.4 Å². The highest BCUT2D eigenvalue weighted by Gasteiger charge is 2.01. The summed E-state index contributed by atoms with van der Waals surface area (Å²) in [5.41, 5.74) is 0. The van der Waals surface area contributed by atoms with Crippen molar-refractivity contribution >= 4 is 17.7 Å². The first kappa shape index (κ1) is 16.1. The summed E-state index contributed by atoms with van der Waals surface area (Å²) < 4.78 is 10.3. The fraction of sp³-hybridized carbons (Fsp3) is 0.643. The van der Waals surface area contributed by atoms with Gasteiger partial charge in [0, 0.05) is 18.7 Å². The van der Waals surface area contributed by atoms with Crippen molar-refractivity contribution in [2.75, 3.05) is 31.2 Å². The minimum atomic E-state index is -0.124. The third kappa shape index (κ3) is 7.95. The van der Waals surface area contributed by atoms with Gasteiger partial charge in [-0.25, -0.2) is 0 Å². The molecule has 0 unspecified atom stereocenters. The highest BCUT2D eigenvalue weighted by Crippen LogP contribution is 2.08. The number of thioether (sulfide) groups is 1. The first-order chi connectivity index (χ1) is 9.22. The van der Waals surface area contributed by atoms with E-state index in [1.807, 2.05) is 26.0 Å². The molecule has 0 amide bonds. The predicted molar refractivity (Wildman–Crippen MR) is 78.6 cm³/mol. The van der Waals surface area contributed by atoms with Gasteiger partial charge in [0.15, 0.2) is 0 Å². The van der Waals surface area contributed by atoms with Crippen molar-refractivity contribution in [1.29, 1.82) is 0 Å². The number of nitrogens with one attached hydrogen (secondary N) is 1. The number of ether oxygens (including phenoxy) is 1. The van der Waals surface area contributed by atoms with Gasteiger partial charge < -0.3 is 14.5 Å². The molecule has 0 aromatic carbocycles. The maximum Gasteiger partial charge on any atom is 0.315 e. The fourth-order valence-electron chi connectivity index (χ4n) is 1.63. The van der Waals surface area contributed by atoms with Gasteiger partial charge in [0.1, 0.15) is 11.5 Å². The van der Waals surface area contributed by atoms with Gasteiger partial charge in [-0.1, -0.05) is 0 Å². The Balaban J connectivity index is 1.87. The summed E-state index contributed by atoms with van der Waals surface area (Å²) in [6.07, 6.45) is 2.03. The molecule has 1 heterocycles. The van der Waals surface area contributed by atoms with E-state index in [0.717, 1.165) is 43.2 Å². The second kappa shape index (κ2) is 9.92. The minimum Gasteiger partial charge on any atom is -0.466 e. The zero-order valence-electron chi connectivity index (χ0n) is 11.7. The number of carbonyl (C=O) groups excluding carboxylic acids is 1. The van der Waals surface area contributed by atoms with E-state index in [0.29, 0.717) is 12.4 Å². The van der Waals surface area contributed by atoms with Crippen LogP contribution in [0.3, 0.4) is 0 Å². The third-order valence-electron chi connectivity index (χ3n) is 2.52. The molecule has 1 aromatic rings. The molecule has 0 aliphatic heterocycles. The maximum atomic E-state index is 11.1. The Morgan fingerprint density at radius 2 is 2.26 bits per heavy atom. The van der Waals surface area contributed by atoms with Crippen molar-refractivity contribution in [3.63, 3.8) is 0 Å². The van der Waals surface area contributed by atoms with E-state index in [2.05, 4.69) is 5.32 Å². The van der Waals surface area contributed by atoms with Crippen LogP contribution in [0, 0.1) is 6.92 Å². The van der Waals surface area contributed by atoms with Crippen LogP contribution in [-0.4, -0.2) is 37.2 Å². The Labute approximate surface area is 119 Å². The first-order valence-corrected chi connectivity index (χ1v) is 7.87. The van der Waals surface area contributed by atoms with Gasteiger partial charge in [0.25, 0.3) is 0 Å². The SMILES string of the molecule is CCOC(=O)CSCCNCCCc1ccc(C)o1. The summed E-state index contributed by atoms with van der Waals surface area (Å²) in [6, 6.07) is 4.03. The van der Waals surface area contributed by atoms with E-state index in [-0.39, 0.29) is 5.97 Å². The average Bonchev–Trinajstić information content (AvgIpc) is 2.79. The van der Waals surface area contributed by atoms with Gasteiger partial charge in [-0.05, 0) is 38.9 Å². The standard InChI is InChI=1S/C14H23NO3S/c1-3-17-14(16)11-19-10-9-15-8-4-5-13-7-6-12(2)18-13/h6-7,15H,3-5,8-11H2,1-2H3. The molecule has 0 saturated heterocycles. The van der Waals surface area contributed by atoms with Crippen molar-refractivity contribution in [3.8, 4) is 0 Å². The van der Waals surface area contributed by atoms with Crippen molar-refractivity contribution in [1.82, 2.24) is 5.32 Å². The topological polar surface area (TPSA) is 51.5 Å². The van der Waals surface area contributed by atoms with Crippen LogP contribution in [0.1, 0.15) is 24.9 Å². The number of hydrogen-bond acceptors (Lipinski definition) is 5. The van der Waals surface area contributed by atoms with Crippen LogP contribution in [-0.2, 0) is 16.0 Å². The molecule has 1 N–H and O–H groups in total. The molecule has 0 spiro atoms. The molecule has 1 rings (SSSR count).